The average Bonchev–Trinajstić information content (AvgIpc) is 3.53. The molecule has 320 valence electrons. The van der Waals surface area contributed by atoms with Gasteiger partial charge < -0.3 is 44.4 Å². The van der Waals surface area contributed by atoms with Gasteiger partial charge in [0, 0.05) is 33.5 Å². The predicted octanol–water partition coefficient (Wildman–Crippen LogP) is -3.69. The first kappa shape index (κ1) is 50.5. The third kappa shape index (κ3) is 7.12. The van der Waals surface area contributed by atoms with Crippen LogP contribution in [0, 0.1) is 57.2 Å². The van der Waals surface area contributed by atoms with Gasteiger partial charge in [-0.25, -0.2) is 4.39 Å². The number of aliphatic hydroxyl groups is 5. The number of Topliss-reactive ketones (excluding diaryl/α,β-unsaturated/α-hetero) is 2. The van der Waals surface area contributed by atoms with Crippen molar-refractivity contribution in [1.82, 2.24) is 0 Å². The van der Waals surface area contributed by atoms with Gasteiger partial charge in [0.2, 0.25) is 0 Å². The van der Waals surface area contributed by atoms with Crippen molar-refractivity contribution in [3.05, 3.63) is 47.6 Å². The second-order valence-corrected chi connectivity index (χ2v) is 20.7. The smallest absolute Gasteiger partial charge is 0.790 e. The van der Waals surface area contributed by atoms with Crippen molar-refractivity contribution in [1.29, 1.82) is 0 Å². The molecule has 6 fully saturated rings. The molecule has 8 rings (SSSR count). The van der Waals surface area contributed by atoms with E-state index in [1.807, 2.05) is 13.0 Å². The molecule has 13 nitrogen and oxygen atoms in total. The zero-order valence-electron chi connectivity index (χ0n) is 35.7. The molecule has 60 heavy (non-hydrogen) atoms. The maximum absolute atomic E-state index is 16.9. The topological polar surface area (TPSA) is 242 Å². The first-order chi connectivity index (χ1) is 26.8. The largest absolute Gasteiger partial charge is 1.00 e. The molecule has 15 atom stereocenters. The molecule has 6 saturated carbocycles. The molecule has 0 heterocycles. The fraction of sp³-hybridized carbons (Fsp3) is 0.721. The van der Waals surface area contributed by atoms with Gasteiger partial charge in [-0.1, -0.05) is 51.0 Å². The Morgan fingerprint density at radius 3 is 2.08 bits per heavy atom. The molecule has 0 unspecified atom stereocenters. The van der Waals surface area contributed by atoms with Gasteiger partial charge in [-0.15, -0.1) is 0 Å². The molecule has 0 radical (unpaired) electrons. The molecular weight excluding hydrogens is 820 g/mol. The number of alkyl halides is 1. The Balaban J connectivity index is 0.000000221. The molecule has 8 aliphatic carbocycles. The maximum atomic E-state index is 16.9. The molecule has 0 amide bonds. The SMILES string of the molecule is C[C@@H]1C[C@H]2[C@@H]3CCC4=CC(=O)C=C[C@]4(C)[C@@]3(F)[C@@H](O)C[C@]2(C)[C@@]1(O)C(=O)CO.C[C@]12C=CC(=O)C=C1CC[C@@H]1[C@@H]2[C@@H](O)C[C@@]2(C)[C@H]1CC[C@]2(O)C(=O)COP(=O)([O-])[O-].[Na+].[Na+]. The minimum absolute atomic E-state index is 0. The third-order valence-electron chi connectivity index (χ3n) is 17.3. The van der Waals surface area contributed by atoms with Crippen molar-refractivity contribution in [2.45, 2.75) is 121 Å². The number of rotatable bonds is 6. The van der Waals surface area contributed by atoms with E-state index in [9.17, 15) is 59.1 Å². The van der Waals surface area contributed by atoms with E-state index in [1.54, 1.807) is 45.9 Å². The molecule has 0 aliphatic heterocycles. The molecular formula is C43H56FNa2O13P. The van der Waals surface area contributed by atoms with Crippen molar-refractivity contribution in [2.75, 3.05) is 13.2 Å². The second-order valence-electron chi connectivity index (χ2n) is 19.5. The monoisotopic (exact) mass is 876 g/mol. The van der Waals surface area contributed by atoms with Crippen LogP contribution in [0.15, 0.2) is 47.6 Å². The number of hydrogen-bond acceptors (Lipinski definition) is 13. The molecule has 0 aromatic heterocycles. The Kier molecular flexibility index (Phi) is 14.1. The van der Waals surface area contributed by atoms with Crippen LogP contribution in [0.2, 0.25) is 0 Å². The summed E-state index contributed by atoms with van der Waals surface area (Å²) in [6.45, 7) is 7.28. The van der Waals surface area contributed by atoms with Crippen molar-refractivity contribution in [3.63, 3.8) is 0 Å². The standard InChI is InChI=1S/C22H29FO5.C21H29O8P.2Na/c1-12-8-16-15-5-4-13-9-14(25)6-7-19(13,2)21(15,23)17(26)10-20(16,3)22(12,28)18(27)11-24;1-19-7-5-13(22)9-12(19)3-4-14-15-6-8-21(25,17(24)11-29-30(26,27)28)20(15,2)10-16(23)18(14)19;;/h6-7,9,12,15-17,24,26,28H,4-5,8,10-11H2,1-3H3;5,7,9,14-16,18,23,25H,3-4,6,8,10-11H2,1-2H3,(H2,26,27,28);;/q;;2*+1/p-2/t12-,15+,16+,17+,19+,20+,21+,22+;14-,15-,16-,18+,19-,20-,21-;;/m10../s1. The van der Waals surface area contributed by atoms with Gasteiger partial charge in [-0.2, -0.15) is 0 Å². The van der Waals surface area contributed by atoms with Crippen LogP contribution in [0.4, 0.5) is 4.39 Å². The molecule has 0 saturated heterocycles. The molecule has 17 heteroatoms. The molecule has 5 N–H and O–H groups in total. The second kappa shape index (κ2) is 16.7. The average molecular weight is 877 g/mol. The van der Waals surface area contributed by atoms with Gasteiger partial charge in [0.1, 0.15) is 24.4 Å². The number of ketones is 4. The van der Waals surface area contributed by atoms with E-state index >= 15 is 4.39 Å². The van der Waals surface area contributed by atoms with E-state index in [0.29, 0.717) is 37.7 Å². The van der Waals surface area contributed by atoms with Gasteiger partial charge in [-0.3, -0.25) is 19.2 Å². The van der Waals surface area contributed by atoms with Gasteiger partial charge in [0.15, 0.2) is 28.8 Å². The summed E-state index contributed by atoms with van der Waals surface area (Å²) in [7, 11) is -5.34. The Labute approximate surface area is 394 Å². The van der Waals surface area contributed by atoms with Crippen LogP contribution < -0.4 is 68.9 Å². The summed E-state index contributed by atoms with van der Waals surface area (Å²) in [5, 5.41) is 54.5. The van der Waals surface area contributed by atoms with Crippen molar-refractivity contribution >= 4 is 31.0 Å². The van der Waals surface area contributed by atoms with Gasteiger partial charge in [-0.05, 0) is 113 Å². The summed E-state index contributed by atoms with van der Waals surface area (Å²) in [6, 6.07) is 0. The Morgan fingerprint density at radius 1 is 0.867 bits per heavy atom. The van der Waals surface area contributed by atoms with Crippen LogP contribution in [0.1, 0.15) is 92.4 Å². The predicted molar refractivity (Wildman–Crippen MR) is 201 cm³/mol. The van der Waals surface area contributed by atoms with Gasteiger partial charge >= 0.3 is 59.1 Å². The van der Waals surface area contributed by atoms with Crippen LogP contribution in [0.25, 0.3) is 0 Å². The molecule has 8 aliphatic rings. The zero-order chi connectivity index (χ0) is 42.8. The van der Waals surface area contributed by atoms with Crippen LogP contribution in [-0.4, -0.2) is 91.0 Å². The Bertz CT molecular complexity index is 1980. The normalized spacial score (nSPS) is 47.2. The number of aliphatic hydroxyl groups excluding tert-OH is 3. The van der Waals surface area contributed by atoms with Gasteiger partial charge in [0.25, 0.3) is 0 Å². The minimum Gasteiger partial charge on any atom is -0.790 e. The zero-order valence-corrected chi connectivity index (χ0v) is 40.6. The first-order valence-electron chi connectivity index (χ1n) is 20.5. The van der Waals surface area contributed by atoms with Crippen LogP contribution >= 0.6 is 7.82 Å². The van der Waals surface area contributed by atoms with Crippen molar-refractivity contribution < 1.29 is 127 Å². The maximum Gasteiger partial charge on any atom is 1.00 e. The molecule has 0 aromatic carbocycles. The number of phosphoric ester groups is 1. The summed E-state index contributed by atoms with van der Waals surface area (Å²) < 4.78 is 31.8. The summed E-state index contributed by atoms with van der Waals surface area (Å²) in [6.07, 6.45) is 11.0. The number of carbonyl (C=O) groups excluding carboxylic acids is 4. The number of hydrogen-bond donors (Lipinski definition) is 5. The molecule has 0 spiro atoms. The van der Waals surface area contributed by atoms with E-state index in [1.165, 1.54) is 12.2 Å². The van der Waals surface area contributed by atoms with Crippen LogP contribution in [-0.2, 0) is 28.3 Å². The summed E-state index contributed by atoms with van der Waals surface area (Å²) >= 11 is 0. The van der Waals surface area contributed by atoms with Gasteiger partial charge in [0.05, 0.1) is 20.0 Å². The minimum atomic E-state index is -5.34. The third-order valence-corrected chi connectivity index (χ3v) is 17.7. The van der Waals surface area contributed by atoms with Crippen LogP contribution in [0.3, 0.4) is 0 Å². The van der Waals surface area contributed by atoms with E-state index in [2.05, 4.69) is 4.52 Å². The fourth-order valence-corrected chi connectivity index (χ4v) is 14.6. The fourth-order valence-electron chi connectivity index (χ4n) is 14.3. The van der Waals surface area contributed by atoms with E-state index in [4.69, 9.17) is 0 Å². The quantitative estimate of drug-likeness (QED) is 0.128. The van der Waals surface area contributed by atoms with E-state index in [0.717, 1.165) is 12.0 Å². The number of carbonyl (C=O) groups is 4. The molecule has 0 aromatic rings. The first-order valence-corrected chi connectivity index (χ1v) is 22.0. The summed E-state index contributed by atoms with van der Waals surface area (Å²) in [4.78, 5) is 70.6. The van der Waals surface area contributed by atoms with Crippen molar-refractivity contribution in [2.24, 2.45) is 57.2 Å². The van der Waals surface area contributed by atoms with Crippen LogP contribution in [0.5, 0.6) is 0 Å². The Morgan fingerprint density at radius 2 is 1.47 bits per heavy atom. The number of fused-ring (bicyclic) bond motifs is 10. The van der Waals surface area contributed by atoms with E-state index < -0.39 is 95.2 Å². The molecule has 0 bridgehead atoms. The van der Waals surface area contributed by atoms with E-state index in [-0.39, 0.29) is 114 Å². The number of halogens is 1. The number of allylic oxidation sites excluding steroid dienone is 8. The number of phosphoric acid groups is 1. The van der Waals surface area contributed by atoms with Crippen molar-refractivity contribution in [3.8, 4) is 0 Å². The summed E-state index contributed by atoms with van der Waals surface area (Å²) in [5.74, 6) is -3.17. The summed E-state index contributed by atoms with van der Waals surface area (Å²) in [5.41, 5.74) is -7.44. The Hall–Kier alpha value is -0.520.